The molecule has 0 saturated carbocycles. The predicted octanol–water partition coefficient (Wildman–Crippen LogP) is 1.72. The summed E-state index contributed by atoms with van der Waals surface area (Å²) in [5.41, 5.74) is 1.21. The number of hydrogen-bond donors (Lipinski definition) is 1. The van der Waals surface area contributed by atoms with Crippen LogP contribution >= 0.6 is 0 Å². The van der Waals surface area contributed by atoms with E-state index < -0.39 is 0 Å². The van der Waals surface area contributed by atoms with Crippen LogP contribution in [-0.4, -0.2) is 26.6 Å². The molecule has 1 atom stereocenters. The predicted molar refractivity (Wildman–Crippen MR) is 75.7 cm³/mol. The van der Waals surface area contributed by atoms with E-state index in [1.54, 1.807) is 7.11 Å². The standard InChI is InChI=1S/C14H22BNO2/c1-11(2)14(16-15-18-3)13(17)10-9-12-7-5-4-6-8-12/h4-8,11,14-16H,9-10H2,1-3H3. The van der Waals surface area contributed by atoms with Gasteiger partial charge in [-0.1, -0.05) is 44.2 Å². The minimum atomic E-state index is -0.117. The van der Waals surface area contributed by atoms with Gasteiger partial charge in [0.15, 0.2) is 0 Å². The van der Waals surface area contributed by atoms with Gasteiger partial charge in [0.2, 0.25) is 0 Å². The summed E-state index contributed by atoms with van der Waals surface area (Å²) in [6.07, 6.45) is 1.38. The smallest absolute Gasteiger partial charge is 0.361 e. The van der Waals surface area contributed by atoms with Crippen LogP contribution < -0.4 is 5.23 Å². The van der Waals surface area contributed by atoms with Crippen LogP contribution in [0.1, 0.15) is 25.8 Å². The average Bonchev–Trinajstić information content (AvgIpc) is 2.37. The van der Waals surface area contributed by atoms with E-state index in [4.69, 9.17) is 4.65 Å². The van der Waals surface area contributed by atoms with Gasteiger partial charge in [-0.05, 0) is 17.9 Å². The van der Waals surface area contributed by atoms with Crippen LogP contribution in [0.4, 0.5) is 0 Å². The molecule has 0 aliphatic rings. The highest BCUT2D eigenvalue weighted by Crippen LogP contribution is 2.09. The highest BCUT2D eigenvalue weighted by Gasteiger charge is 2.21. The molecule has 1 aromatic rings. The van der Waals surface area contributed by atoms with Crippen molar-refractivity contribution in [3.63, 3.8) is 0 Å². The van der Waals surface area contributed by atoms with Crippen LogP contribution in [0.25, 0.3) is 0 Å². The van der Waals surface area contributed by atoms with Gasteiger partial charge in [0.05, 0.1) is 6.04 Å². The lowest BCUT2D eigenvalue weighted by atomic mass is 9.93. The Labute approximate surface area is 110 Å². The molecule has 0 radical (unpaired) electrons. The van der Waals surface area contributed by atoms with Crippen molar-refractivity contribution in [1.29, 1.82) is 0 Å². The van der Waals surface area contributed by atoms with E-state index in [1.807, 2.05) is 32.0 Å². The van der Waals surface area contributed by atoms with E-state index in [9.17, 15) is 4.79 Å². The van der Waals surface area contributed by atoms with E-state index >= 15 is 0 Å². The summed E-state index contributed by atoms with van der Waals surface area (Å²) >= 11 is 0. The Morgan fingerprint density at radius 1 is 1.33 bits per heavy atom. The molecule has 4 heteroatoms. The van der Waals surface area contributed by atoms with Gasteiger partial charge < -0.3 is 9.88 Å². The van der Waals surface area contributed by atoms with Crippen molar-refractivity contribution in [2.45, 2.75) is 32.7 Å². The summed E-state index contributed by atoms with van der Waals surface area (Å²) in [5.74, 6) is 0.536. The van der Waals surface area contributed by atoms with Gasteiger partial charge in [0, 0.05) is 13.5 Å². The van der Waals surface area contributed by atoms with Crippen LogP contribution in [0, 0.1) is 5.92 Å². The second-order valence-electron chi connectivity index (χ2n) is 4.81. The quantitative estimate of drug-likeness (QED) is 0.711. The Bertz CT molecular complexity index is 354. The van der Waals surface area contributed by atoms with Crippen molar-refractivity contribution in [1.82, 2.24) is 5.23 Å². The second kappa shape index (κ2) is 8.06. The summed E-state index contributed by atoms with van der Waals surface area (Å²) in [4.78, 5) is 12.1. The number of carbonyl (C=O) groups excluding carboxylic acids is 1. The molecule has 0 saturated heterocycles. The monoisotopic (exact) mass is 247 g/mol. The van der Waals surface area contributed by atoms with Crippen LogP contribution in [0.2, 0.25) is 0 Å². The van der Waals surface area contributed by atoms with Crippen LogP contribution in [0.5, 0.6) is 0 Å². The molecule has 0 amide bonds. The topological polar surface area (TPSA) is 38.3 Å². The molecule has 1 rings (SSSR count). The fraction of sp³-hybridized carbons (Fsp3) is 0.500. The SMILES string of the molecule is COBNC(C(=O)CCc1ccccc1)C(C)C. The minimum absolute atomic E-state index is 0.117. The van der Waals surface area contributed by atoms with Gasteiger partial charge in [-0.2, -0.15) is 0 Å². The largest absolute Gasteiger partial charge is 0.427 e. The van der Waals surface area contributed by atoms with Gasteiger partial charge in [-0.3, -0.25) is 4.79 Å². The fourth-order valence-electron chi connectivity index (χ4n) is 1.96. The number of benzene rings is 1. The zero-order valence-electron chi connectivity index (χ0n) is 11.5. The Hall–Kier alpha value is -1.13. The van der Waals surface area contributed by atoms with Gasteiger partial charge in [0.25, 0.3) is 0 Å². The lowest BCUT2D eigenvalue weighted by Gasteiger charge is -2.20. The third-order valence-corrected chi connectivity index (χ3v) is 2.96. The van der Waals surface area contributed by atoms with Crippen molar-refractivity contribution in [2.75, 3.05) is 7.11 Å². The molecule has 0 aromatic heterocycles. The molecule has 0 aliphatic heterocycles. The normalized spacial score (nSPS) is 12.4. The molecule has 98 valence electrons. The number of carbonyl (C=O) groups is 1. The van der Waals surface area contributed by atoms with Gasteiger partial charge >= 0.3 is 7.62 Å². The first-order chi connectivity index (χ1) is 8.65. The molecular formula is C14H22BNO2. The third-order valence-electron chi connectivity index (χ3n) is 2.96. The first-order valence-corrected chi connectivity index (χ1v) is 6.44. The van der Waals surface area contributed by atoms with Crippen LogP contribution in [0.3, 0.4) is 0 Å². The van der Waals surface area contributed by atoms with Crippen LogP contribution in [-0.2, 0) is 15.9 Å². The molecular weight excluding hydrogens is 225 g/mol. The minimum Gasteiger partial charge on any atom is -0.427 e. The van der Waals surface area contributed by atoms with Crippen molar-refractivity contribution in [2.24, 2.45) is 5.92 Å². The Morgan fingerprint density at radius 2 is 2.00 bits per heavy atom. The van der Waals surface area contributed by atoms with Crippen molar-refractivity contribution in [3.8, 4) is 0 Å². The number of Topliss-reactive ketones (excluding diaryl/α,β-unsaturated/α-hetero) is 1. The molecule has 0 aliphatic carbocycles. The van der Waals surface area contributed by atoms with E-state index in [2.05, 4.69) is 17.4 Å². The molecule has 18 heavy (non-hydrogen) atoms. The Balaban J connectivity index is 2.46. The van der Waals surface area contributed by atoms with Crippen LogP contribution in [0.15, 0.2) is 30.3 Å². The van der Waals surface area contributed by atoms with Gasteiger partial charge in [0.1, 0.15) is 5.78 Å². The lowest BCUT2D eigenvalue weighted by Crippen LogP contribution is -2.43. The van der Waals surface area contributed by atoms with Gasteiger partial charge in [-0.15, -0.1) is 0 Å². The Kier molecular flexibility index (Phi) is 6.69. The molecule has 1 N–H and O–H groups in total. The number of hydrogen-bond acceptors (Lipinski definition) is 3. The second-order valence-corrected chi connectivity index (χ2v) is 4.81. The average molecular weight is 247 g/mol. The van der Waals surface area contributed by atoms with Gasteiger partial charge in [-0.25, -0.2) is 0 Å². The summed E-state index contributed by atoms with van der Waals surface area (Å²) in [5, 5.41) is 3.13. The number of nitrogens with one attached hydrogen (secondary N) is 1. The number of rotatable bonds is 8. The fourth-order valence-corrected chi connectivity index (χ4v) is 1.96. The zero-order valence-corrected chi connectivity index (χ0v) is 11.5. The van der Waals surface area contributed by atoms with E-state index in [1.165, 1.54) is 5.56 Å². The summed E-state index contributed by atoms with van der Waals surface area (Å²) in [7, 11) is 2.04. The molecule has 3 nitrogen and oxygen atoms in total. The highest BCUT2D eigenvalue weighted by molar-refractivity contribution is 6.24. The maximum absolute atomic E-state index is 12.1. The van der Waals surface area contributed by atoms with Crippen molar-refractivity contribution in [3.05, 3.63) is 35.9 Å². The molecule has 0 bridgehead atoms. The maximum atomic E-state index is 12.1. The maximum Gasteiger partial charge on any atom is 0.361 e. The number of ketones is 1. The van der Waals surface area contributed by atoms with Crippen molar-refractivity contribution >= 4 is 13.4 Å². The molecule has 0 spiro atoms. The first kappa shape index (κ1) is 14.9. The zero-order chi connectivity index (χ0) is 13.4. The summed E-state index contributed by atoms with van der Waals surface area (Å²) < 4.78 is 4.97. The van der Waals surface area contributed by atoms with E-state index in [0.29, 0.717) is 14.0 Å². The molecule has 1 aromatic carbocycles. The first-order valence-electron chi connectivity index (χ1n) is 6.44. The van der Waals surface area contributed by atoms with E-state index in [0.717, 1.165) is 6.42 Å². The highest BCUT2D eigenvalue weighted by atomic mass is 16.4. The molecule has 0 fully saturated rings. The molecule has 0 heterocycles. The third kappa shape index (κ3) is 5.02. The summed E-state index contributed by atoms with van der Waals surface area (Å²) in [6, 6.07) is 9.99. The number of aryl methyl sites for hydroxylation is 1. The Morgan fingerprint density at radius 3 is 2.56 bits per heavy atom. The summed E-state index contributed by atoms with van der Waals surface area (Å²) in [6.45, 7) is 4.10. The lowest BCUT2D eigenvalue weighted by molar-refractivity contribution is -0.121. The molecule has 1 unspecified atom stereocenters. The van der Waals surface area contributed by atoms with E-state index in [-0.39, 0.29) is 17.7 Å². The van der Waals surface area contributed by atoms with Crippen molar-refractivity contribution < 1.29 is 9.45 Å².